The van der Waals surface area contributed by atoms with Crippen LogP contribution in [0.25, 0.3) is 0 Å². The van der Waals surface area contributed by atoms with E-state index in [1.807, 2.05) is 6.07 Å². The van der Waals surface area contributed by atoms with Gasteiger partial charge in [-0.1, -0.05) is 6.07 Å². The van der Waals surface area contributed by atoms with E-state index in [1.165, 1.54) is 25.8 Å². The highest BCUT2D eigenvalue weighted by atomic mass is 79.9. The number of likely N-dealkylation sites (tertiary alicyclic amines) is 1. The lowest BCUT2D eigenvalue weighted by Gasteiger charge is -2.33. The van der Waals surface area contributed by atoms with Gasteiger partial charge in [-0.2, -0.15) is 0 Å². The van der Waals surface area contributed by atoms with Crippen molar-refractivity contribution in [3.63, 3.8) is 0 Å². The van der Waals surface area contributed by atoms with Crippen LogP contribution in [0.4, 0.5) is 4.39 Å². The van der Waals surface area contributed by atoms with Gasteiger partial charge in [0.25, 0.3) is 0 Å². The molecule has 2 nitrogen and oxygen atoms in total. The Morgan fingerprint density at radius 1 is 1.25 bits per heavy atom. The van der Waals surface area contributed by atoms with Gasteiger partial charge < -0.3 is 5.32 Å². The molecule has 5 heteroatoms. The third kappa shape index (κ3) is 3.53. The second-order valence-electron chi connectivity index (χ2n) is 5.96. The van der Waals surface area contributed by atoms with Crippen LogP contribution in [0.15, 0.2) is 22.7 Å². The van der Waals surface area contributed by atoms with Crippen LogP contribution in [0.2, 0.25) is 0 Å². The summed E-state index contributed by atoms with van der Waals surface area (Å²) in [5, 5.41) is 3.44. The molecule has 2 saturated heterocycles. The van der Waals surface area contributed by atoms with Gasteiger partial charge >= 0.3 is 0 Å². The van der Waals surface area contributed by atoms with E-state index in [1.54, 1.807) is 12.1 Å². The maximum Gasteiger partial charge on any atom is 0.137 e. The summed E-state index contributed by atoms with van der Waals surface area (Å²) in [5.41, 5.74) is 1.60. The minimum absolute atomic E-state index is 0. The fourth-order valence-electron chi connectivity index (χ4n) is 3.42. The van der Waals surface area contributed by atoms with Crippen LogP contribution < -0.4 is 5.32 Å². The highest BCUT2D eigenvalue weighted by Crippen LogP contribution is 2.39. The lowest BCUT2D eigenvalue weighted by Crippen LogP contribution is -2.38. The predicted octanol–water partition coefficient (Wildman–Crippen LogP) is 3.59. The van der Waals surface area contributed by atoms with Crippen molar-refractivity contribution in [3.05, 3.63) is 34.1 Å². The molecule has 1 aromatic carbocycles. The molecule has 3 rings (SSSR count). The summed E-state index contributed by atoms with van der Waals surface area (Å²) < 4.78 is 14.1. The lowest BCUT2D eigenvalue weighted by atomic mass is 9.78. The smallest absolute Gasteiger partial charge is 0.137 e. The Balaban J connectivity index is 0.00000147. The van der Waals surface area contributed by atoms with Gasteiger partial charge in [0.05, 0.1) is 4.47 Å². The van der Waals surface area contributed by atoms with Crippen LogP contribution in [-0.2, 0) is 6.54 Å². The van der Waals surface area contributed by atoms with E-state index in [2.05, 4.69) is 26.1 Å². The quantitative estimate of drug-likeness (QED) is 0.864. The first kappa shape index (κ1) is 16.2. The Kier molecular flexibility index (Phi) is 5.46. The minimum atomic E-state index is -0.159. The van der Waals surface area contributed by atoms with Gasteiger partial charge in [-0.05, 0) is 77.9 Å². The molecule has 1 N–H and O–H groups in total. The molecule has 1 spiro atoms. The fourth-order valence-corrected chi connectivity index (χ4v) is 3.67. The van der Waals surface area contributed by atoms with Crippen molar-refractivity contribution >= 4 is 28.3 Å². The summed E-state index contributed by atoms with van der Waals surface area (Å²) in [6, 6.07) is 5.47. The van der Waals surface area contributed by atoms with Gasteiger partial charge in [0.2, 0.25) is 0 Å². The Bertz CT molecular complexity index is 463. The first-order valence-electron chi connectivity index (χ1n) is 7.04. The molecule has 1 aromatic rings. The Morgan fingerprint density at radius 2 is 2.00 bits per heavy atom. The Morgan fingerprint density at radius 3 is 2.70 bits per heavy atom. The molecule has 20 heavy (non-hydrogen) atoms. The monoisotopic (exact) mass is 362 g/mol. The van der Waals surface area contributed by atoms with Crippen molar-refractivity contribution in [2.24, 2.45) is 5.41 Å². The van der Waals surface area contributed by atoms with Gasteiger partial charge in [-0.3, -0.25) is 4.90 Å². The zero-order valence-electron chi connectivity index (χ0n) is 11.5. The average molecular weight is 364 g/mol. The summed E-state index contributed by atoms with van der Waals surface area (Å²) in [6.07, 6.45) is 3.88. The van der Waals surface area contributed by atoms with E-state index in [0.29, 0.717) is 9.89 Å². The maximum absolute atomic E-state index is 13.5. The van der Waals surface area contributed by atoms with Crippen LogP contribution in [0, 0.1) is 11.2 Å². The fraction of sp³-hybridized carbons (Fsp3) is 0.600. The third-order valence-corrected chi connectivity index (χ3v) is 5.21. The first-order chi connectivity index (χ1) is 9.17. The van der Waals surface area contributed by atoms with Crippen molar-refractivity contribution < 1.29 is 4.39 Å². The molecule has 2 heterocycles. The Labute approximate surface area is 134 Å². The largest absolute Gasteiger partial charge is 0.317 e. The SMILES string of the molecule is Cl.Fc1cc(CN2CCC3(CCNCC3)C2)ccc1Br. The number of halogens is 3. The van der Waals surface area contributed by atoms with Gasteiger partial charge in [-0.15, -0.1) is 12.4 Å². The molecule has 2 aliphatic rings. The van der Waals surface area contributed by atoms with Crippen LogP contribution >= 0.6 is 28.3 Å². The zero-order chi connectivity index (χ0) is 13.3. The Hall–Kier alpha value is -0.160. The number of rotatable bonds is 2. The summed E-state index contributed by atoms with van der Waals surface area (Å²) >= 11 is 3.20. The zero-order valence-corrected chi connectivity index (χ0v) is 13.9. The number of hydrogen-bond acceptors (Lipinski definition) is 2. The van der Waals surface area contributed by atoms with E-state index < -0.39 is 0 Å². The van der Waals surface area contributed by atoms with Gasteiger partial charge in [-0.25, -0.2) is 4.39 Å². The van der Waals surface area contributed by atoms with Crippen molar-refractivity contribution in [1.82, 2.24) is 10.2 Å². The van der Waals surface area contributed by atoms with Crippen molar-refractivity contribution in [2.45, 2.75) is 25.8 Å². The number of nitrogens with one attached hydrogen (secondary N) is 1. The van der Waals surface area contributed by atoms with Crippen LogP contribution in [0.3, 0.4) is 0 Å². The molecule has 0 unspecified atom stereocenters. The topological polar surface area (TPSA) is 15.3 Å². The predicted molar refractivity (Wildman–Crippen MR) is 85.8 cm³/mol. The molecule has 112 valence electrons. The minimum Gasteiger partial charge on any atom is -0.317 e. The van der Waals surface area contributed by atoms with Crippen molar-refractivity contribution in [1.29, 1.82) is 0 Å². The second kappa shape index (κ2) is 6.73. The van der Waals surface area contributed by atoms with Gasteiger partial charge in [0.1, 0.15) is 5.82 Å². The van der Waals surface area contributed by atoms with E-state index in [-0.39, 0.29) is 18.2 Å². The lowest BCUT2D eigenvalue weighted by molar-refractivity contribution is 0.194. The number of benzene rings is 1. The molecule has 0 aromatic heterocycles. The van der Waals surface area contributed by atoms with Gasteiger partial charge in [0, 0.05) is 13.1 Å². The number of nitrogens with zero attached hydrogens (tertiary/aromatic N) is 1. The highest BCUT2D eigenvalue weighted by molar-refractivity contribution is 9.10. The van der Waals surface area contributed by atoms with E-state index in [9.17, 15) is 4.39 Å². The molecule has 0 atom stereocenters. The van der Waals surface area contributed by atoms with Gasteiger partial charge in [0.15, 0.2) is 0 Å². The molecule has 0 bridgehead atoms. The number of piperidine rings is 1. The average Bonchev–Trinajstić information content (AvgIpc) is 2.78. The normalized spacial score (nSPS) is 21.9. The van der Waals surface area contributed by atoms with Crippen LogP contribution in [-0.4, -0.2) is 31.1 Å². The van der Waals surface area contributed by atoms with E-state index >= 15 is 0 Å². The maximum atomic E-state index is 13.5. The van der Waals surface area contributed by atoms with Crippen molar-refractivity contribution in [2.75, 3.05) is 26.2 Å². The molecule has 2 fully saturated rings. The molecular formula is C15H21BrClFN2. The summed E-state index contributed by atoms with van der Waals surface area (Å²) in [6.45, 7) is 5.50. The second-order valence-corrected chi connectivity index (χ2v) is 6.81. The van der Waals surface area contributed by atoms with Crippen LogP contribution in [0.1, 0.15) is 24.8 Å². The summed E-state index contributed by atoms with van der Waals surface area (Å²) in [4.78, 5) is 2.48. The molecule has 0 saturated carbocycles. The highest BCUT2D eigenvalue weighted by Gasteiger charge is 2.38. The van der Waals surface area contributed by atoms with Crippen LogP contribution in [0.5, 0.6) is 0 Å². The summed E-state index contributed by atoms with van der Waals surface area (Å²) in [5.74, 6) is -0.159. The van der Waals surface area contributed by atoms with Crippen molar-refractivity contribution in [3.8, 4) is 0 Å². The summed E-state index contributed by atoms with van der Waals surface area (Å²) in [7, 11) is 0. The molecular weight excluding hydrogens is 343 g/mol. The molecule has 0 radical (unpaired) electrons. The number of hydrogen-bond donors (Lipinski definition) is 1. The molecule has 2 aliphatic heterocycles. The van der Waals surface area contributed by atoms with E-state index in [4.69, 9.17) is 0 Å². The molecule has 0 aliphatic carbocycles. The molecule has 0 amide bonds. The van der Waals surface area contributed by atoms with E-state index in [0.717, 1.165) is 31.7 Å². The standard InChI is InChI=1S/C15H20BrFN2.ClH/c16-13-2-1-12(9-14(13)17)10-19-8-5-15(11-19)3-6-18-7-4-15;/h1-2,9,18H,3-8,10-11H2;1H. The first-order valence-corrected chi connectivity index (χ1v) is 7.83. The third-order valence-electron chi connectivity index (χ3n) is 4.57.